The van der Waals surface area contributed by atoms with Crippen molar-refractivity contribution in [2.45, 2.75) is 13.1 Å². The summed E-state index contributed by atoms with van der Waals surface area (Å²) in [5, 5.41) is 3.15. The first-order chi connectivity index (χ1) is 11.2. The second kappa shape index (κ2) is 6.83. The fraction of sp³-hybridized carbons (Fsp3) is 0.294. The highest BCUT2D eigenvalue weighted by Gasteiger charge is 2.18. The number of methoxy groups -OCH3 is 1. The first-order valence-electron chi connectivity index (χ1n) is 7.28. The van der Waals surface area contributed by atoms with E-state index in [2.05, 4.69) is 5.32 Å². The van der Waals surface area contributed by atoms with Crippen molar-refractivity contribution in [3.05, 3.63) is 53.1 Å². The Morgan fingerprint density at radius 1 is 0.957 bits per heavy atom. The lowest BCUT2D eigenvalue weighted by Gasteiger charge is -2.21. The van der Waals surface area contributed by atoms with E-state index in [4.69, 9.17) is 14.2 Å². The largest absolute Gasteiger partial charge is 0.493 e. The molecule has 1 aliphatic rings. The van der Waals surface area contributed by atoms with Gasteiger partial charge in [0.1, 0.15) is 24.8 Å². The van der Waals surface area contributed by atoms with Gasteiger partial charge in [-0.05, 0) is 35.4 Å². The number of rotatable bonds is 5. The molecule has 6 heteroatoms. The summed E-state index contributed by atoms with van der Waals surface area (Å²) in [6.45, 7) is 1.85. The Morgan fingerprint density at radius 2 is 1.61 bits per heavy atom. The lowest BCUT2D eigenvalue weighted by Crippen LogP contribution is -2.17. The molecule has 2 aromatic carbocycles. The summed E-state index contributed by atoms with van der Waals surface area (Å²) in [7, 11) is 1.57. The third-order valence-corrected chi connectivity index (χ3v) is 3.47. The van der Waals surface area contributed by atoms with Crippen molar-refractivity contribution in [2.75, 3.05) is 20.3 Å². The lowest BCUT2D eigenvalue weighted by molar-refractivity contribution is 0.165. The van der Waals surface area contributed by atoms with Crippen LogP contribution in [-0.4, -0.2) is 20.3 Å². The molecular weight excluding hydrogens is 304 g/mol. The second-order valence-electron chi connectivity index (χ2n) is 5.20. The number of hydrogen-bond donors (Lipinski definition) is 1. The first kappa shape index (κ1) is 15.6. The van der Waals surface area contributed by atoms with Gasteiger partial charge < -0.3 is 19.5 Å². The molecule has 23 heavy (non-hydrogen) atoms. The molecule has 1 aliphatic heterocycles. The Kier molecular flexibility index (Phi) is 4.62. The smallest absolute Gasteiger partial charge is 0.203 e. The van der Waals surface area contributed by atoms with Gasteiger partial charge in [0.2, 0.25) is 5.75 Å². The molecule has 0 spiro atoms. The van der Waals surface area contributed by atoms with Crippen LogP contribution in [0.2, 0.25) is 0 Å². The predicted octanol–water partition coefficient (Wildman–Crippen LogP) is 3.03. The molecule has 0 saturated heterocycles. The highest BCUT2D eigenvalue weighted by Crippen LogP contribution is 2.40. The average Bonchev–Trinajstić information content (AvgIpc) is 2.53. The number of halogens is 2. The minimum absolute atomic E-state index is 0.353. The van der Waals surface area contributed by atoms with Crippen LogP contribution >= 0.6 is 0 Å². The van der Waals surface area contributed by atoms with Gasteiger partial charge in [-0.2, -0.15) is 0 Å². The van der Waals surface area contributed by atoms with E-state index in [1.165, 1.54) is 12.1 Å². The van der Waals surface area contributed by atoms with Crippen molar-refractivity contribution >= 4 is 0 Å². The zero-order valence-corrected chi connectivity index (χ0v) is 12.7. The van der Waals surface area contributed by atoms with Gasteiger partial charge in [0.05, 0.1) is 7.11 Å². The summed E-state index contributed by atoms with van der Waals surface area (Å²) in [6.07, 6.45) is 0. The molecule has 0 fully saturated rings. The highest BCUT2D eigenvalue weighted by atomic mass is 19.1. The van der Waals surface area contributed by atoms with E-state index >= 15 is 0 Å². The molecule has 1 heterocycles. The maximum absolute atomic E-state index is 13.2. The van der Waals surface area contributed by atoms with Crippen LogP contribution in [0.1, 0.15) is 11.1 Å². The molecule has 2 aromatic rings. The number of nitrogens with one attached hydrogen (secondary N) is 1. The quantitative estimate of drug-likeness (QED) is 0.919. The van der Waals surface area contributed by atoms with Gasteiger partial charge >= 0.3 is 0 Å². The first-order valence-corrected chi connectivity index (χ1v) is 7.28. The van der Waals surface area contributed by atoms with Crippen molar-refractivity contribution < 1.29 is 23.0 Å². The normalized spacial score (nSPS) is 13.0. The summed E-state index contributed by atoms with van der Waals surface area (Å²) < 4.78 is 42.7. The van der Waals surface area contributed by atoms with Crippen molar-refractivity contribution in [2.24, 2.45) is 0 Å². The molecule has 3 rings (SSSR count). The molecule has 0 amide bonds. The van der Waals surface area contributed by atoms with E-state index in [9.17, 15) is 8.78 Å². The number of fused-ring (bicyclic) bond motifs is 1. The van der Waals surface area contributed by atoms with Crippen LogP contribution in [0, 0.1) is 11.6 Å². The molecule has 0 atom stereocenters. The van der Waals surface area contributed by atoms with Crippen LogP contribution in [0.4, 0.5) is 8.78 Å². The molecular formula is C17H17F2NO3. The summed E-state index contributed by atoms with van der Waals surface area (Å²) in [6, 6.07) is 7.19. The van der Waals surface area contributed by atoms with Gasteiger partial charge in [-0.1, -0.05) is 0 Å². The Hall–Kier alpha value is -2.34. The molecule has 0 unspecified atom stereocenters. The van der Waals surface area contributed by atoms with Crippen molar-refractivity contribution in [3.8, 4) is 17.2 Å². The molecule has 0 saturated carbocycles. The Morgan fingerprint density at radius 3 is 2.30 bits per heavy atom. The summed E-state index contributed by atoms with van der Waals surface area (Å²) in [5.41, 5.74) is 1.48. The van der Waals surface area contributed by atoms with Crippen LogP contribution in [-0.2, 0) is 13.1 Å². The SMILES string of the molecule is COc1cc(CNCc2cc(F)cc(F)c2)cc2c1OCCO2. The predicted molar refractivity (Wildman–Crippen MR) is 80.9 cm³/mol. The van der Waals surface area contributed by atoms with Crippen LogP contribution in [0.25, 0.3) is 0 Å². The van der Waals surface area contributed by atoms with E-state index < -0.39 is 11.6 Å². The van der Waals surface area contributed by atoms with Crippen molar-refractivity contribution in [3.63, 3.8) is 0 Å². The standard InChI is InChI=1S/C17H17F2NO3/c1-21-15-6-12(7-16-17(15)23-3-2-22-16)10-20-9-11-4-13(18)8-14(19)5-11/h4-8,20H,2-3,9-10H2,1H3. The maximum atomic E-state index is 13.2. The average molecular weight is 321 g/mol. The van der Waals surface area contributed by atoms with E-state index in [0.717, 1.165) is 11.6 Å². The van der Waals surface area contributed by atoms with E-state index in [1.54, 1.807) is 7.11 Å². The van der Waals surface area contributed by atoms with Gasteiger partial charge in [0.15, 0.2) is 11.5 Å². The third kappa shape index (κ3) is 3.71. The molecule has 0 bridgehead atoms. The fourth-order valence-corrected chi connectivity index (χ4v) is 2.49. The Balaban J connectivity index is 1.68. The lowest BCUT2D eigenvalue weighted by atomic mass is 10.1. The van der Waals surface area contributed by atoms with Crippen LogP contribution in [0.15, 0.2) is 30.3 Å². The third-order valence-electron chi connectivity index (χ3n) is 3.47. The monoisotopic (exact) mass is 321 g/mol. The second-order valence-corrected chi connectivity index (χ2v) is 5.20. The Labute approximate surface area is 133 Å². The number of ether oxygens (including phenoxy) is 3. The van der Waals surface area contributed by atoms with Crippen LogP contribution in [0.3, 0.4) is 0 Å². The topological polar surface area (TPSA) is 39.7 Å². The summed E-state index contributed by atoms with van der Waals surface area (Å²) in [4.78, 5) is 0. The number of hydrogen-bond acceptors (Lipinski definition) is 4. The van der Waals surface area contributed by atoms with Gasteiger partial charge in [-0.15, -0.1) is 0 Å². The maximum Gasteiger partial charge on any atom is 0.203 e. The van der Waals surface area contributed by atoms with Gasteiger partial charge in [-0.25, -0.2) is 8.78 Å². The van der Waals surface area contributed by atoms with Gasteiger partial charge in [-0.3, -0.25) is 0 Å². The zero-order chi connectivity index (χ0) is 16.2. The molecule has 0 aromatic heterocycles. The van der Waals surface area contributed by atoms with Crippen LogP contribution < -0.4 is 19.5 Å². The Bertz CT molecular complexity index is 669. The number of benzene rings is 2. The summed E-state index contributed by atoms with van der Waals surface area (Å²) in [5.74, 6) is 0.695. The fourth-order valence-electron chi connectivity index (χ4n) is 2.49. The minimum atomic E-state index is -0.581. The van der Waals surface area contributed by atoms with Crippen molar-refractivity contribution in [1.29, 1.82) is 0 Å². The molecule has 4 nitrogen and oxygen atoms in total. The molecule has 0 aliphatic carbocycles. The highest BCUT2D eigenvalue weighted by molar-refractivity contribution is 5.54. The summed E-state index contributed by atoms with van der Waals surface area (Å²) >= 11 is 0. The van der Waals surface area contributed by atoms with Crippen molar-refractivity contribution in [1.82, 2.24) is 5.32 Å². The van der Waals surface area contributed by atoms with Crippen LogP contribution in [0.5, 0.6) is 17.2 Å². The zero-order valence-electron chi connectivity index (χ0n) is 12.7. The van der Waals surface area contributed by atoms with Gasteiger partial charge in [0.25, 0.3) is 0 Å². The molecule has 0 radical (unpaired) electrons. The van der Waals surface area contributed by atoms with E-state index in [1.807, 2.05) is 12.1 Å². The molecule has 122 valence electrons. The van der Waals surface area contributed by atoms with E-state index in [-0.39, 0.29) is 0 Å². The van der Waals surface area contributed by atoms with Gasteiger partial charge in [0, 0.05) is 19.2 Å². The molecule has 1 N–H and O–H groups in total. The minimum Gasteiger partial charge on any atom is -0.493 e. The van der Waals surface area contributed by atoms with E-state index in [0.29, 0.717) is 49.1 Å².